The number of carbonyl (C=O) groups excluding carboxylic acids is 3. The number of ether oxygens (including phenoxy) is 4. The van der Waals surface area contributed by atoms with Crippen LogP contribution in [-0.4, -0.2) is 46.5 Å². The molecule has 1 aromatic carbocycles. The van der Waals surface area contributed by atoms with Crippen LogP contribution in [0.3, 0.4) is 0 Å². The number of esters is 2. The highest BCUT2D eigenvalue weighted by Gasteiger charge is 2.45. The van der Waals surface area contributed by atoms with Gasteiger partial charge in [-0.25, -0.2) is 9.59 Å². The molecule has 202 valence electrons. The minimum atomic E-state index is -2.19. The molecule has 1 aromatic rings. The number of hydrogen-bond donors (Lipinski definition) is 2. The van der Waals surface area contributed by atoms with Gasteiger partial charge < -0.3 is 24.1 Å². The Morgan fingerprint density at radius 1 is 0.889 bits per heavy atom. The van der Waals surface area contributed by atoms with Gasteiger partial charge in [0, 0.05) is 12.5 Å². The van der Waals surface area contributed by atoms with Crippen LogP contribution in [0.2, 0.25) is 0 Å². The molecule has 0 aliphatic heterocycles. The van der Waals surface area contributed by atoms with Gasteiger partial charge >= 0.3 is 24.1 Å². The predicted octanol–water partition coefficient (Wildman–Crippen LogP) is 4.47. The van der Waals surface area contributed by atoms with Gasteiger partial charge in [0.25, 0.3) is 5.72 Å². The minimum Gasteiger partial charge on any atom is -0.477 e. The number of nitrogens with one attached hydrogen (secondary N) is 1. The molecule has 0 amide bonds. The average molecular weight is 510 g/mol. The van der Waals surface area contributed by atoms with Gasteiger partial charge in [-0.1, -0.05) is 40.7 Å². The van der Waals surface area contributed by atoms with E-state index in [1.165, 1.54) is 18.2 Å². The molecule has 1 atom stereocenters. The van der Waals surface area contributed by atoms with E-state index in [4.69, 9.17) is 18.9 Å². The van der Waals surface area contributed by atoms with Crippen molar-refractivity contribution >= 4 is 24.1 Å². The van der Waals surface area contributed by atoms with E-state index in [0.717, 1.165) is 0 Å². The molecular weight excluding hydrogens is 470 g/mol. The second-order valence-electron chi connectivity index (χ2n) is 10.1. The summed E-state index contributed by atoms with van der Waals surface area (Å²) in [7, 11) is 0. The SMILES string of the molecule is CCC(C)(C)OC(=O)O[C@](Cc1ccc(OC(=O)C(C)C)c(OC(=O)C(C)C)c1)(NC(C)C)C(=O)O. The van der Waals surface area contributed by atoms with Crippen molar-refractivity contribution in [3.05, 3.63) is 23.8 Å². The highest BCUT2D eigenvalue weighted by atomic mass is 16.8. The zero-order valence-corrected chi connectivity index (χ0v) is 22.6. The van der Waals surface area contributed by atoms with Gasteiger partial charge in [0.1, 0.15) is 5.60 Å². The molecule has 0 aromatic heterocycles. The van der Waals surface area contributed by atoms with E-state index in [0.29, 0.717) is 12.0 Å². The van der Waals surface area contributed by atoms with Gasteiger partial charge in [-0.15, -0.1) is 0 Å². The Morgan fingerprint density at radius 3 is 1.86 bits per heavy atom. The minimum absolute atomic E-state index is 0.00853. The third-order valence-corrected chi connectivity index (χ3v) is 5.16. The molecule has 0 bridgehead atoms. The van der Waals surface area contributed by atoms with Gasteiger partial charge in [0.15, 0.2) is 11.5 Å². The van der Waals surface area contributed by atoms with Gasteiger partial charge in [0.05, 0.1) is 11.8 Å². The number of carboxylic acids is 1. The zero-order valence-electron chi connectivity index (χ0n) is 22.6. The number of carboxylic acid groups (broad SMARTS) is 1. The van der Waals surface area contributed by atoms with Crippen molar-refractivity contribution in [3.63, 3.8) is 0 Å². The molecule has 10 heteroatoms. The Kier molecular flexibility index (Phi) is 10.9. The lowest BCUT2D eigenvalue weighted by molar-refractivity contribution is -0.169. The first-order valence-electron chi connectivity index (χ1n) is 12.0. The average Bonchev–Trinajstić information content (AvgIpc) is 2.74. The summed E-state index contributed by atoms with van der Waals surface area (Å²) in [6.07, 6.45) is -1.00. The molecular formula is C26H39NO9. The van der Waals surface area contributed by atoms with Crippen molar-refractivity contribution < 1.29 is 43.2 Å². The Hall–Kier alpha value is -3.14. The van der Waals surface area contributed by atoms with Gasteiger partial charge in [0.2, 0.25) is 0 Å². The number of benzene rings is 1. The van der Waals surface area contributed by atoms with Crippen molar-refractivity contribution in [2.24, 2.45) is 11.8 Å². The van der Waals surface area contributed by atoms with Crippen LogP contribution >= 0.6 is 0 Å². The van der Waals surface area contributed by atoms with E-state index in [1.54, 1.807) is 55.4 Å². The summed E-state index contributed by atoms with van der Waals surface area (Å²) in [5.41, 5.74) is -2.71. The molecule has 0 saturated heterocycles. The maximum atomic E-state index is 12.6. The van der Waals surface area contributed by atoms with Crippen LogP contribution in [0.4, 0.5) is 4.79 Å². The van der Waals surface area contributed by atoms with E-state index >= 15 is 0 Å². The summed E-state index contributed by atoms with van der Waals surface area (Å²) in [4.78, 5) is 49.4. The molecule has 0 fully saturated rings. The molecule has 0 aliphatic rings. The van der Waals surface area contributed by atoms with Crippen LogP contribution in [0.25, 0.3) is 0 Å². The number of hydrogen-bond acceptors (Lipinski definition) is 9. The summed E-state index contributed by atoms with van der Waals surface area (Å²) >= 11 is 0. The second-order valence-corrected chi connectivity index (χ2v) is 10.1. The Labute approximate surface area is 212 Å². The summed E-state index contributed by atoms with van der Waals surface area (Å²) in [6.45, 7) is 15.2. The summed E-state index contributed by atoms with van der Waals surface area (Å²) in [5, 5.41) is 12.9. The first kappa shape index (κ1) is 30.9. The van der Waals surface area contributed by atoms with Crippen LogP contribution in [0.1, 0.15) is 74.3 Å². The smallest absolute Gasteiger partial charge is 0.477 e. The van der Waals surface area contributed by atoms with Gasteiger partial charge in [-0.2, -0.15) is 0 Å². The van der Waals surface area contributed by atoms with E-state index < -0.39 is 53.3 Å². The molecule has 1 rings (SSSR count). The quantitative estimate of drug-likeness (QED) is 0.236. The Bertz CT molecular complexity index is 953. The maximum Gasteiger partial charge on any atom is 0.511 e. The maximum absolute atomic E-state index is 12.6. The van der Waals surface area contributed by atoms with Gasteiger partial charge in [-0.05, 0) is 51.8 Å². The molecule has 36 heavy (non-hydrogen) atoms. The normalized spacial score (nSPS) is 13.3. The van der Waals surface area contributed by atoms with Gasteiger partial charge in [-0.3, -0.25) is 14.9 Å². The third kappa shape index (κ3) is 9.14. The summed E-state index contributed by atoms with van der Waals surface area (Å²) in [6, 6.07) is 3.89. The van der Waals surface area contributed by atoms with Crippen molar-refractivity contribution in [1.29, 1.82) is 0 Å². The number of carbonyl (C=O) groups is 4. The standard InChI is InChI=1S/C26H39NO9/c1-10-25(8,9)35-24(32)36-26(23(30)31,27-17(6)7)14-18-11-12-19(33-21(28)15(2)3)20(13-18)34-22(29)16(4)5/h11-13,15-17,27H,10,14H2,1-9H3,(H,30,31)/t26-/m0/s1. The Morgan fingerprint density at radius 2 is 1.42 bits per heavy atom. The molecule has 0 saturated carbocycles. The number of aliphatic carboxylic acids is 1. The lowest BCUT2D eigenvalue weighted by Gasteiger charge is -2.33. The van der Waals surface area contributed by atoms with E-state index in [-0.39, 0.29) is 17.9 Å². The first-order valence-corrected chi connectivity index (χ1v) is 12.0. The van der Waals surface area contributed by atoms with E-state index in [1.807, 2.05) is 6.92 Å². The lowest BCUT2D eigenvalue weighted by atomic mass is 10.0. The fourth-order valence-corrected chi connectivity index (χ4v) is 2.79. The number of rotatable bonds is 12. The summed E-state index contributed by atoms with van der Waals surface area (Å²) < 4.78 is 21.5. The third-order valence-electron chi connectivity index (χ3n) is 5.16. The molecule has 0 unspecified atom stereocenters. The molecule has 0 radical (unpaired) electrons. The van der Waals surface area contributed by atoms with Crippen LogP contribution in [0.5, 0.6) is 11.5 Å². The van der Waals surface area contributed by atoms with Crippen molar-refractivity contribution in [2.45, 2.75) is 92.5 Å². The summed E-state index contributed by atoms with van der Waals surface area (Å²) in [5.74, 6) is -3.49. The van der Waals surface area contributed by atoms with Crippen molar-refractivity contribution in [1.82, 2.24) is 5.32 Å². The largest absolute Gasteiger partial charge is 0.511 e. The predicted molar refractivity (Wildman–Crippen MR) is 132 cm³/mol. The topological polar surface area (TPSA) is 137 Å². The first-order chi connectivity index (χ1) is 16.5. The van der Waals surface area contributed by atoms with E-state index in [9.17, 15) is 24.3 Å². The van der Waals surface area contributed by atoms with Crippen LogP contribution in [0, 0.1) is 11.8 Å². The fraction of sp³-hybridized carbons (Fsp3) is 0.615. The molecule has 0 heterocycles. The Balaban J connectivity index is 3.46. The monoisotopic (exact) mass is 509 g/mol. The molecule has 0 aliphatic carbocycles. The van der Waals surface area contributed by atoms with Crippen LogP contribution < -0.4 is 14.8 Å². The fourth-order valence-electron chi connectivity index (χ4n) is 2.79. The molecule has 0 spiro atoms. The van der Waals surface area contributed by atoms with Crippen molar-refractivity contribution in [2.75, 3.05) is 0 Å². The highest BCUT2D eigenvalue weighted by molar-refractivity contribution is 5.81. The van der Waals surface area contributed by atoms with Crippen LogP contribution in [0.15, 0.2) is 18.2 Å². The second kappa shape index (κ2) is 12.7. The van der Waals surface area contributed by atoms with Crippen LogP contribution in [-0.2, 0) is 30.3 Å². The zero-order chi connectivity index (χ0) is 27.8. The van der Waals surface area contributed by atoms with Crippen molar-refractivity contribution in [3.8, 4) is 11.5 Å². The molecule has 2 N–H and O–H groups in total. The van der Waals surface area contributed by atoms with E-state index in [2.05, 4.69) is 5.32 Å². The highest BCUT2D eigenvalue weighted by Crippen LogP contribution is 2.32. The molecule has 10 nitrogen and oxygen atoms in total. The lowest BCUT2D eigenvalue weighted by Crippen LogP contribution is -2.59.